The lowest BCUT2D eigenvalue weighted by Crippen LogP contribution is -2.51. The van der Waals surface area contributed by atoms with Crippen molar-refractivity contribution in [1.29, 1.82) is 0 Å². The van der Waals surface area contributed by atoms with Crippen molar-refractivity contribution in [2.45, 2.75) is 25.7 Å². The van der Waals surface area contributed by atoms with Crippen LogP contribution >= 0.6 is 0 Å². The predicted octanol–water partition coefficient (Wildman–Crippen LogP) is 0.148. The Hall–Kier alpha value is -2.20. The molecule has 0 N–H and O–H groups in total. The molecule has 0 aromatic carbocycles. The maximum atomic E-state index is 12.4. The molecular formula is C18H26N6O3S. The van der Waals surface area contributed by atoms with E-state index in [1.54, 1.807) is 11.1 Å². The van der Waals surface area contributed by atoms with E-state index in [0.29, 0.717) is 26.2 Å². The quantitative estimate of drug-likeness (QED) is 0.718. The van der Waals surface area contributed by atoms with Crippen LogP contribution in [-0.4, -0.2) is 84.2 Å². The fourth-order valence-electron chi connectivity index (χ4n) is 3.95. The number of aryl methyl sites for hydroxylation is 2. The third-order valence-electron chi connectivity index (χ3n) is 5.65. The highest BCUT2D eigenvalue weighted by atomic mass is 32.2. The highest BCUT2D eigenvalue weighted by Gasteiger charge is 2.27. The number of carbonyl (C=O) groups excluding carboxylic acids is 1. The van der Waals surface area contributed by atoms with E-state index in [9.17, 15) is 13.2 Å². The minimum absolute atomic E-state index is 0.122. The first kappa shape index (κ1) is 19.1. The Balaban J connectivity index is 1.49. The molecule has 2 aromatic heterocycles. The molecule has 0 bridgehead atoms. The van der Waals surface area contributed by atoms with Gasteiger partial charge in [0.1, 0.15) is 5.52 Å². The molecule has 1 aliphatic heterocycles. The molecule has 2 aromatic rings. The Morgan fingerprint density at radius 1 is 1.18 bits per heavy atom. The van der Waals surface area contributed by atoms with E-state index >= 15 is 0 Å². The number of anilines is 1. The third kappa shape index (κ3) is 3.58. The van der Waals surface area contributed by atoms with Gasteiger partial charge in [-0.2, -0.15) is 9.40 Å². The number of rotatable bonds is 4. The summed E-state index contributed by atoms with van der Waals surface area (Å²) in [5.41, 5.74) is 3.58. The summed E-state index contributed by atoms with van der Waals surface area (Å²) in [6, 6.07) is 0. The summed E-state index contributed by atoms with van der Waals surface area (Å²) in [6.07, 6.45) is 9.20. The highest BCUT2D eigenvalue weighted by molar-refractivity contribution is 7.88. The Morgan fingerprint density at radius 2 is 1.89 bits per heavy atom. The normalized spacial score (nSPS) is 18.0. The first-order valence-electron chi connectivity index (χ1n) is 9.64. The van der Waals surface area contributed by atoms with Gasteiger partial charge in [-0.15, -0.1) is 0 Å². The largest absolute Gasteiger partial charge is 0.351 e. The van der Waals surface area contributed by atoms with Gasteiger partial charge in [-0.25, -0.2) is 17.9 Å². The molecule has 10 heteroatoms. The molecule has 1 fully saturated rings. The molecular weight excluding hydrogens is 380 g/mol. The summed E-state index contributed by atoms with van der Waals surface area (Å²) in [5.74, 6) is 0.763. The van der Waals surface area contributed by atoms with Crippen molar-refractivity contribution in [1.82, 2.24) is 23.8 Å². The number of likely N-dealkylation sites (N-methyl/N-ethyl adjacent to an activating group) is 1. The fraction of sp³-hybridized carbons (Fsp3) is 0.611. The lowest BCUT2D eigenvalue weighted by atomic mass is 9.97. The number of carbonyl (C=O) groups is 1. The first-order valence-corrected chi connectivity index (χ1v) is 11.5. The number of piperazine rings is 1. The van der Waals surface area contributed by atoms with Crippen molar-refractivity contribution in [3.8, 4) is 0 Å². The van der Waals surface area contributed by atoms with E-state index in [1.165, 1.54) is 31.1 Å². The Bertz CT molecular complexity index is 994. The third-order valence-corrected chi connectivity index (χ3v) is 6.92. The van der Waals surface area contributed by atoms with Gasteiger partial charge >= 0.3 is 0 Å². The van der Waals surface area contributed by atoms with Gasteiger partial charge in [0.2, 0.25) is 15.9 Å². The second-order valence-corrected chi connectivity index (χ2v) is 9.65. The zero-order chi connectivity index (χ0) is 19.9. The summed E-state index contributed by atoms with van der Waals surface area (Å²) in [4.78, 5) is 21.0. The molecule has 1 amide bonds. The molecule has 9 nitrogen and oxygen atoms in total. The molecule has 1 aliphatic carbocycles. The number of hydrogen-bond acceptors (Lipinski definition) is 6. The van der Waals surface area contributed by atoms with Gasteiger partial charge in [-0.05, 0) is 25.7 Å². The minimum Gasteiger partial charge on any atom is -0.351 e. The maximum absolute atomic E-state index is 12.4. The van der Waals surface area contributed by atoms with Gasteiger partial charge in [0.25, 0.3) is 0 Å². The summed E-state index contributed by atoms with van der Waals surface area (Å²) in [6.45, 7) is 2.32. The Kier molecular flexibility index (Phi) is 5.00. The summed E-state index contributed by atoms with van der Waals surface area (Å²) in [7, 11) is -1.93. The van der Waals surface area contributed by atoms with Crippen molar-refractivity contribution in [2.24, 2.45) is 0 Å². The number of sulfonamides is 1. The van der Waals surface area contributed by atoms with Crippen molar-refractivity contribution >= 4 is 27.3 Å². The molecule has 1 saturated heterocycles. The van der Waals surface area contributed by atoms with Gasteiger partial charge in [0, 0.05) is 51.2 Å². The number of nitrogens with zero attached hydrogens (tertiary/aromatic N) is 6. The van der Waals surface area contributed by atoms with Gasteiger partial charge < -0.3 is 9.80 Å². The van der Waals surface area contributed by atoms with E-state index in [2.05, 4.69) is 9.88 Å². The van der Waals surface area contributed by atoms with E-state index in [0.717, 1.165) is 34.7 Å². The Morgan fingerprint density at radius 3 is 2.61 bits per heavy atom. The second-order valence-electron chi connectivity index (χ2n) is 7.56. The number of hydrogen-bond donors (Lipinski definition) is 0. The molecule has 0 saturated carbocycles. The molecule has 3 heterocycles. The highest BCUT2D eigenvalue weighted by Crippen LogP contribution is 2.30. The molecule has 0 radical (unpaired) electrons. The first-order chi connectivity index (χ1) is 13.3. The SMILES string of the molecule is CN(CC(=O)N1CCN(c2nccn3nc4c(c23)CCCC4)CC1)S(C)(=O)=O. The van der Waals surface area contributed by atoms with Crippen LogP contribution in [0.1, 0.15) is 24.1 Å². The molecule has 28 heavy (non-hydrogen) atoms. The van der Waals surface area contributed by atoms with Crippen LogP contribution in [-0.2, 0) is 27.7 Å². The summed E-state index contributed by atoms with van der Waals surface area (Å²) < 4.78 is 26.1. The van der Waals surface area contributed by atoms with Crippen molar-refractivity contribution < 1.29 is 13.2 Å². The van der Waals surface area contributed by atoms with Crippen LogP contribution < -0.4 is 4.90 Å². The fourth-order valence-corrected chi connectivity index (χ4v) is 4.30. The summed E-state index contributed by atoms with van der Waals surface area (Å²) >= 11 is 0. The predicted molar refractivity (Wildman–Crippen MR) is 106 cm³/mol. The van der Waals surface area contributed by atoms with Crippen LogP contribution in [0.15, 0.2) is 12.4 Å². The lowest BCUT2D eigenvalue weighted by molar-refractivity contribution is -0.131. The van der Waals surface area contributed by atoms with E-state index < -0.39 is 10.0 Å². The average Bonchev–Trinajstić information content (AvgIpc) is 3.06. The van der Waals surface area contributed by atoms with Gasteiger partial charge in [-0.1, -0.05) is 0 Å². The van der Waals surface area contributed by atoms with Crippen LogP contribution in [0.2, 0.25) is 0 Å². The van der Waals surface area contributed by atoms with E-state index in [4.69, 9.17) is 5.10 Å². The zero-order valence-electron chi connectivity index (χ0n) is 16.3. The van der Waals surface area contributed by atoms with E-state index in [1.807, 2.05) is 10.7 Å². The second kappa shape index (κ2) is 7.32. The van der Waals surface area contributed by atoms with Crippen LogP contribution in [0.4, 0.5) is 5.82 Å². The molecule has 0 atom stereocenters. The Labute approximate surface area is 165 Å². The minimum atomic E-state index is -3.36. The lowest BCUT2D eigenvalue weighted by Gasteiger charge is -2.36. The van der Waals surface area contributed by atoms with Gasteiger partial charge in [0.05, 0.1) is 18.5 Å². The van der Waals surface area contributed by atoms with Crippen LogP contribution in [0.3, 0.4) is 0 Å². The van der Waals surface area contributed by atoms with Crippen LogP contribution in [0.5, 0.6) is 0 Å². The molecule has 152 valence electrons. The van der Waals surface area contributed by atoms with Gasteiger partial charge in [-0.3, -0.25) is 4.79 Å². The molecule has 4 rings (SSSR count). The number of amides is 1. The topological polar surface area (TPSA) is 91.1 Å². The number of aromatic nitrogens is 3. The van der Waals surface area contributed by atoms with Crippen molar-refractivity contribution in [3.05, 3.63) is 23.7 Å². The van der Waals surface area contributed by atoms with E-state index in [-0.39, 0.29) is 12.5 Å². The monoisotopic (exact) mass is 406 g/mol. The molecule has 0 unspecified atom stereocenters. The average molecular weight is 407 g/mol. The van der Waals surface area contributed by atoms with Crippen LogP contribution in [0, 0.1) is 0 Å². The standard InChI is InChI=1S/C18H26N6O3S/c1-21(28(2,26)27)13-16(25)22-9-11-23(12-10-22)18-17-14-5-3-4-6-15(14)20-24(17)8-7-19-18/h7-8H,3-6,9-13H2,1-2H3. The van der Waals surface area contributed by atoms with Crippen molar-refractivity contribution in [2.75, 3.05) is 50.9 Å². The smallest absolute Gasteiger partial charge is 0.238 e. The van der Waals surface area contributed by atoms with Crippen molar-refractivity contribution in [3.63, 3.8) is 0 Å². The summed E-state index contributed by atoms with van der Waals surface area (Å²) in [5, 5.41) is 4.73. The zero-order valence-corrected chi connectivity index (χ0v) is 17.2. The molecule has 0 spiro atoms. The molecule has 2 aliphatic rings. The maximum Gasteiger partial charge on any atom is 0.238 e. The van der Waals surface area contributed by atoms with Crippen LogP contribution in [0.25, 0.3) is 5.52 Å². The van der Waals surface area contributed by atoms with Gasteiger partial charge in [0.15, 0.2) is 5.82 Å². The number of fused-ring (bicyclic) bond motifs is 3.